The van der Waals surface area contributed by atoms with Crippen LogP contribution in [0.15, 0.2) is 42.5 Å². The first-order valence-electron chi connectivity index (χ1n) is 9.88. The number of hydrogen-bond donors (Lipinski definition) is 8. The van der Waals surface area contributed by atoms with Gasteiger partial charge in [-0.2, -0.15) is 0 Å². The molecular formula is C22H27ClO8. The van der Waals surface area contributed by atoms with E-state index < -0.39 is 48.3 Å². The summed E-state index contributed by atoms with van der Waals surface area (Å²) in [5, 5.41) is 83.1. The third-order valence-corrected chi connectivity index (χ3v) is 6.50. The van der Waals surface area contributed by atoms with Gasteiger partial charge < -0.3 is 40.9 Å². The molecule has 8 nitrogen and oxygen atoms in total. The van der Waals surface area contributed by atoms with E-state index in [1.54, 1.807) is 12.1 Å². The van der Waals surface area contributed by atoms with Crippen molar-refractivity contribution in [3.63, 3.8) is 0 Å². The molecule has 6 unspecified atom stereocenters. The molecule has 1 aliphatic rings. The molecule has 6 atom stereocenters. The Bertz CT molecular complexity index is 918. The van der Waals surface area contributed by atoms with Crippen molar-refractivity contribution in [1.82, 2.24) is 0 Å². The maximum atomic E-state index is 10.9. The van der Waals surface area contributed by atoms with Crippen molar-refractivity contribution in [1.29, 1.82) is 0 Å². The largest absolute Gasteiger partial charge is 0.393 e. The molecule has 0 aromatic heterocycles. The summed E-state index contributed by atoms with van der Waals surface area (Å²) < 4.78 is 0. The molecule has 170 valence electrons. The van der Waals surface area contributed by atoms with E-state index in [4.69, 9.17) is 11.6 Å². The van der Waals surface area contributed by atoms with Gasteiger partial charge in [-0.15, -0.1) is 0 Å². The van der Waals surface area contributed by atoms with Crippen molar-refractivity contribution < 1.29 is 40.9 Å². The van der Waals surface area contributed by atoms with Crippen LogP contribution in [0.3, 0.4) is 0 Å². The predicted molar refractivity (Wildman–Crippen MR) is 111 cm³/mol. The Morgan fingerprint density at radius 1 is 0.935 bits per heavy atom. The van der Waals surface area contributed by atoms with E-state index in [2.05, 4.69) is 0 Å². The average molecular weight is 455 g/mol. The van der Waals surface area contributed by atoms with Crippen molar-refractivity contribution in [2.24, 2.45) is 0 Å². The van der Waals surface area contributed by atoms with Gasteiger partial charge in [0.05, 0.1) is 18.8 Å². The SMILES string of the molecule is CCc1ccc(C(O)(O)c2cc(C3C(O)C(O)C(O)C(O)(CO)C3O)ccc2Cl)cc1. The van der Waals surface area contributed by atoms with Gasteiger partial charge in [0, 0.05) is 22.1 Å². The molecule has 0 saturated heterocycles. The van der Waals surface area contributed by atoms with Crippen LogP contribution in [0.2, 0.25) is 5.02 Å². The third-order valence-electron chi connectivity index (χ3n) is 6.17. The third kappa shape index (κ3) is 4.00. The lowest BCUT2D eigenvalue weighted by atomic mass is 9.68. The monoisotopic (exact) mass is 454 g/mol. The highest BCUT2D eigenvalue weighted by molar-refractivity contribution is 6.31. The smallest absolute Gasteiger partial charge is 0.218 e. The summed E-state index contributed by atoms with van der Waals surface area (Å²) in [7, 11) is 0. The summed E-state index contributed by atoms with van der Waals surface area (Å²) in [6.07, 6.45) is -6.71. The maximum absolute atomic E-state index is 10.9. The second-order valence-corrected chi connectivity index (χ2v) is 8.42. The van der Waals surface area contributed by atoms with Gasteiger partial charge in [-0.05, 0) is 29.7 Å². The first-order chi connectivity index (χ1) is 14.5. The van der Waals surface area contributed by atoms with Gasteiger partial charge in [-0.3, -0.25) is 0 Å². The molecule has 2 aromatic carbocycles. The van der Waals surface area contributed by atoms with E-state index in [0.717, 1.165) is 12.0 Å². The van der Waals surface area contributed by atoms with Crippen LogP contribution in [-0.4, -0.2) is 77.5 Å². The van der Waals surface area contributed by atoms with Gasteiger partial charge in [0.15, 0.2) is 0 Å². The summed E-state index contributed by atoms with van der Waals surface area (Å²) in [4.78, 5) is 0. The van der Waals surface area contributed by atoms with E-state index in [1.807, 2.05) is 6.92 Å². The van der Waals surface area contributed by atoms with Crippen LogP contribution in [0.5, 0.6) is 0 Å². The van der Waals surface area contributed by atoms with Crippen LogP contribution in [0.25, 0.3) is 0 Å². The van der Waals surface area contributed by atoms with Crippen LogP contribution < -0.4 is 0 Å². The number of rotatable bonds is 5. The minimum Gasteiger partial charge on any atom is -0.393 e. The molecule has 1 fully saturated rings. The van der Waals surface area contributed by atoms with E-state index >= 15 is 0 Å². The quantitative estimate of drug-likeness (QED) is 0.276. The van der Waals surface area contributed by atoms with Gasteiger partial charge >= 0.3 is 0 Å². The van der Waals surface area contributed by atoms with Crippen molar-refractivity contribution in [2.45, 2.75) is 55.1 Å². The molecule has 0 bridgehead atoms. The van der Waals surface area contributed by atoms with Gasteiger partial charge in [0.2, 0.25) is 5.79 Å². The van der Waals surface area contributed by atoms with Gasteiger partial charge in [0.25, 0.3) is 0 Å². The van der Waals surface area contributed by atoms with Crippen molar-refractivity contribution >= 4 is 11.6 Å². The van der Waals surface area contributed by atoms with E-state index in [9.17, 15) is 40.9 Å². The highest BCUT2D eigenvalue weighted by Gasteiger charge is 2.58. The number of benzene rings is 2. The Hall–Kier alpha value is -1.59. The van der Waals surface area contributed by atoms with Crippen molar-refractivity contribution in [3.8, 4) is 0 Å². The second kappa shape index (κ2) is 8.74. The topological polar surface area (TPSA) is 162 Å². The minimum absolute atomic E-state index is 0.00823. The lowest BCUT2D eigenvalue weighted by molar-refractivity contribution is -0.250. The summed E-state index contributed by atoms with van der Waals surface area (Å²) >= 11 is 6.21. The molecule has 9 heteroatoms. The molecule has 1 saturated carbocycles. The lowest BCUT2D eigenvalue weighted by Crippen LogP contribution is -2.69. The van der Waals surface area contributed by atoms with Crippen LogP contribution in [-0.2, 0) is 12.2 Å². The molecular weight excluding hydrogens is 428 g/mol. The predicted octanol–water partition coefficient (Wildman–Crippen LogP) is -0.648. The first-order valence-corrected chi connectivity index (χ1v) is 10.3. The first kappa shape index (κ1) is 24.1. The van der Waals surface area contributed by atoms with Gasteiger partial charge in [-0.1, -0.05) is 48.9 Å². The zero-order chi connectivity index (χ0) is 23.1. The minimum atomic E-state index is -2.52. The van der Waals surface area contributed by atoms with Gasteiger partial charge in [-0.25, -0.2) is 0 Å². The summed E-state index contributed by atoms with van der Waals surface area (Å²) in [6, 6.07) is 10.5. The van der Waals surface area contributed by atoms with Crippen LogP contribution >= 0.6 is 11.6 Å². The molecule has 1 aliphatic carbocycles. The lowest BCUT2D eigenvalue weighted by Gasteiger charge is -2.49. The van der Waals surface area contributed by atoms with Crippen molar-refractivity contribution in [2.75, 3.05) is 6.61 Å². The maximum Gasteiger partial charge on any atom is 0.218 e. The summed E-state index contributed by atoms with van der Waals surface area (Å²) in [5.41, 5.74) is -1.42. The fourth-order valence-electron chi connectivity index (χ4n) is 4.08. The van der Waals surface area contributed by atoms with E-state index in [1.165, 1.54) is 30.3 Å². The second-order valence-electron chi connectivity index (χ2n) is 8.01. The molecule has 0 aliphatic heterocycles. The average Bonchev–Trinajstić information content (AvgIpc) is 2.77. The highest BCUT2D eigenvalue weighted by atomic mass is 35.5. The normalized spacial score (nSPS) is 31.6. The van der Waals surface area contributed by atoms with Crippen LogP contribution in [0, 0.1) is 0 Å². The fraction of sp³-hybridized carbons (Fsp3) is 0.455. The fourth-order valence-corrected chi connectivity index (χ4v) is 4.33. The Labute approximate surface area is 184 Å². The number of aliphatic hydroxyl groups is 8. The molecule has 3 rings (SSSR count). The standard InChI is InChI=1S/C22H27ClO8/c1-2-11-3-6-13(7-4-11)22(30,31)14-9-12(5-8-15(14)23)16-17(25)18(26)20(28)21(29,10-24)19(16)27/h3-9,16-20,24-31H,2,10H2,1H3. The summed E-state index contributed by atoms with van der Waals surface area (Å²) in [5.74, 6) is -3.89. The Morgan fingerprint density at radius 2 is 1.55 bits per heavy atom. The number of aryl methyl sites for hydroxylation is 1. The molecule has 31 heavy (non-hydrogen) atoms. The zero-order valence-corrected chi connectivity index (χ0v) is 17.6. The zero-order valence-electron chi connectivity index (χ0n) is 16.8. The molecule has 0 heterocycles. The molecule has 0 amide bonds. The summed E-state index contributed by atoms with van der Waals surface area (Å²) in [6.45, 7) is 0.879. The molecule has 0 spiro atoms. The highest BCUT2D eigenvalue weighted by Crippen LogP contribution is 2.42. The van der Waals surface area contributed by atoms with Gasteiger partial charge in [0.1, 0.15) is 17.8 Å². The van der Waals surface area contributed by atoms with E-state index in [0.29, 0.717) is 0 Å². The molecule has 0 radical (unpaired) electrons. The number of aliphatic hydroxyl groups excluding tert-OH is 5. The Morgan fingerprint density at radius 3 is 2.10 bits per heavy atom. The molecule has 8 N–H and O–H groups in total. The van der Waals surface area contributed by atoms with Crippen molar-refractivity contribution in [3.05, 3.63) is 69.7 Å². The van der Waals surface area contributed by atoms with Crippen LogP contribution in [0.4, 0.5) is 0 Å². The number of halogens is 1. The Kier molecular flexibility index (Phi) is 6.79. The Balaban J connectivity index is 2.07. The number of hydrogen-bond acceptors (Lipinski definition) is 8. The molecule has 2 aromatic rings. The van der Waals surface area contributed by atoms with Crippen LogP contribution in [0.1, 0.15) is 35.1 Å². The van der Waals surface area contributed by atoms with E-state index in [-0.39, 0.29) is 21.7 Å².